The number of carbonyl (C=O) groups is 2. The predicted octanol–water partition coefficient (Wildman–Crippen LogP) is 1.64. The molecule has 23 heavy (non-hydrogen) atoms. The van der Waals surface area contributed by atoms with Gasteiger partial charge in [-0.25, -0.2) is 13.2 Å². The molecule has 1 rings (SSSR count). The van der Waals surface area contributed by atoms with Gasteiger partial charge in [0.05, 0.1) is 18.4 Å². The highest BCUT2D eigenvalue weighted by Gasteiger charge is 2.29. The molecule has 0 saturated carbocycles. The first-order chi connectivity index (χ1) is 10.7. The zero-order valence-electron chi connectivity index (χ0n) is 13.9. The molecule has 0 spiro atoms. The molecule has 0 fully saturated rings. The van der Waals surface area contributed by atoms with Gasteiger partial charge in [-0.1, -0.05) is 25.1 Å². The Kier molecular flexibility index (Phi) is 6.75. The van der Waals surface area contributed by atoms with E-state index in [-0.39, 0.29) is 12.3 Å². The molecule has 1 aromatic carbocycles. The van der Waals surface area contributed by atoms with Crippen LogP contribution in [0, 0.1) is 0 Å². The van der Waals surface area contributed by atoms with Crippen LogP contribution in [0.15, 0.2) is 24.3 Å². The van der Waals surface area contributed by atoms with Gasteiger partial charge in [-0.15, -0.1) is 0 Å². The highest BCUT2D eigenvalue weighted by atomic mass is 32.2. The Labute approximate surface area is 137 Å². The molecule has 0 aliphatic heterocycles. The van der Waals surface area contributed by atoms with Crippen LogP contribution in [0.4, 0.5) is 0 Å². The lowest BCUT2D eigenvalue weighted by Gasteiger charge is -2.22. The first kappa shape index (κ1) is 19.2. The maximum Gasteiger partial charge on any atom is 0.338 e. The van der Waals surface area contributed by atoms with Gasteiger partial charge in [-0.3, -0.25) is 4.79 Å². The number of hydrogen-bond donors (Lipinski definition) is 0. The molecule has 128 valence electrons. The molecule has 0 heterocycles. The lowest BCUT2D eigenvalue weighted by molar-refractivity contribution is -0.129. The molecule has 0 aromatic heterocycles. The van der Waals surface area contributed by atoms with Crippen LogP contribution in [0.3, 0.4) is 0 Å². The molecule has 0 aliphatic carbocycles. The van der Waals surface area contributed by atoms with Crippen molar-refractivity contribution < 1.29 is 22.7 Å². The number of ether oxygens (including phenoxy) is 1. The third kappa shape index (κ3) is 4.79. The molecule has 1 aromatic rings. The number of benzene rings is 1. The Morgan fingerprint density at radius 2 is 1.87 bits per heavy atom. The maximum atomic E-state index is 12.4. The lowest BCUT2D eigenvalue weighted by atomic mass is 10.1. The Hall–Kier alpha value is -1.89. The number of amides is 1. The van der Waals surface area contributed by atoms with Gasteiger partial charge in [-0.05, 0) is 25.0 Å². The van der Waals surface area contributed by atoms with Crippen LogP contribution in [0.2, 0.25) is 0 Å². The fourth-order valence-corrected chi connectivity index (χ4v) is 3.64. The van der Waals surface area contributed by atoms with E-state index in [1.165, 1.54) is 26.0 Å². The number of methoxy groups -OCH3 is 1. The van der Waals surface area contributed by atoms with E-state index in [9.17, 15) is 18.0 Å². The summed E-state index contributed by atoms with van der Waals surface area (Å²) in [6.07, 6.45) is 0.467. The fourth-order valence-electron chi connectivity index (χ4n) is 2.23. The van der Waals surface area contributed by atoms with Gasteiger partial charge in [0.25, 0.3) is 0 Å². The van der Waals surface area contributed by atoms with Crippen molar-refractivity contribution >= 4 is 21.7 Å². The van der Waals surface area contributed by atoms with Crippen LogP contribution in [0.5, 0.6) is 0 Å². The monoisotopic (exact) mass is 341 g/mol. The largest absolute Gasteiger partial charge is 0.465 e. The van der Waals surface area contributed by atoms with Gasteiger partial charge in [0.15, 0.2) is 9.84 Å². The van der Waals surface area contributed by atoms with Crippen molar-refractivity contribution in [2.45, 2.75) is 32.1 Å². The SMILES string of the molecule is CCCS(=O)(=O)[C@@H](C)C(=O)N(C)Cc1ccccc1C(=O)OC. The average Bonchev–Trinajstić information content (AvgIpc) is 2.53. The normalized spacial score (nSPS) is 12.5. The van der Waals surface area contributed by atoms with Gasteiger partial charge < -0.3 is 9.64 Å². The molecular formula is C16H23NO5S. The summed E-state index contributed by atoms with van der Waals surface area (Å²) in [4.78, 5) is 25.4. The first-order valence-electron chi connectivity index (χ1n) is 7.37. The molecule has 0 unspecified atom stereocenters. The van der Waals surface area contributed by atoms with Crippen molar-refractivity contribution in [3.8, 4) is 0 Å². The van der Waals surface area contributed by atoms with Gasteiger partial charge in [0, 0.05) is 13.6 Å². The van der Waals surface area contributed by atoms with Crippen molar-refractivity contribution in [1.29, 1.82) is 0 Å². The van der Waals surface area contributed by atoms with E-state index in [2.05, 4.69) is 0 Å². The quantitative estimate of drug-likeness (QED) is 0.704. The molecule has 0 N–H and O–H groups in total. The van der Waals surface area contributed by atoms with E-state index in [4.69, 9.17) is 4.74 Å². The number of nitrogens with zero attached hydrogens (tertiary/aromatic N) is 1. The first-order valence-corrected chi connectivity index (χ1v) is 9.08. The molecule has 0 aliphatic rings. The van der Waals surface area contributed by atoms with Crippen molar-refractivity contribution in [2.75, 3.05) is 19.9 Å². The van der Waals surface area contributed by atoms with Crippen LogP contribution in [0.25, 0.3) is 0 Å². The van der Waals surface area contributed by atoms with Gasteiger partial charge in [0.1, 0.15) is 5.25 Å². The smallest absolute Gasteiger partial charge is 0.338 e. The van der Waals surface area contributed by atoms with Crippen LogP contribution < -0.4 is 0 Å². The topological polar surface area (TPSA) is 80.8 Å². The minimum atomic E-state index is -3.46. The Morgan fingerprint density at radius 1 is 1.26 bits per heavy atom. The van der Waals surface area contributed by atoms with Crippen LogP contribution in [-0.2, 0) is 25.9 Å². The second-order valence-corrected chi connectivity index (χ2v) is 7.79. The standard InChI is InChI=1S/C16H23NO5S/c1-5-10-23(20,21)12(2)15(18)17(3)11-13-8-6-7-9-14(13)16(19)22-4/h6-9,12H,5,10-11H2,1-4H3/t12-/m0/s1. The van der Waals surface area contributed by atoms with Crippen molar-refractivity contribution in [1.82, 2.24) is 4.90 Å². The molecule has 7 heteroatoms. The van der Waals surface area contributed by atoms with Crippen LogP contribution in [-0.4, -0.2) is 50.4 Å². The fraction of sp³-hybridized carbons (Fsp3) is 0.500. The summed E-state index contributed by atoms with van der Waals surface area (Å²) >= 11 is 0. The summed E-state index contributed by atoms with van der Waals surface area (Å²) in [7, 11) is -0.654. The zero-order valence-corrected chi connectivity index (χ0v) is 14.7. The highest BCUT2D eigenvalue weighted by molar-refractivity contribution is 7.92. The van der Waals surface area contributed by atoms with Crippen molar-refractivity contribution in [2.24, 2.45) is 0 Å². The Balaban J connectivity index is 2.94. The third-order valence-electron chi connectivity index (χ3n) is 3.58. The van der Waals surface area contributed by atoms with Crippen molar-refractivity contribution in [3.05, 3.63) is 35.4 Å². The molecule has 0 radical (unpaired) electrons. The van der Waals surface area contributed by atoms with E-state index in [0.29, 0.717) is 17.5 Å². The summed E-state index contributed by atoms with van der Waals surface area (Å²) in [5.74, 6) is -1.00. The minimum absolute atomic E-state index is 0.0213. The van der Waals surface area contributed by atoms with E-state index < -0.39 is 27.0 Å². The second-order valence-electron chi connectivity index (χ2n) is 5.35. The molecule has 0 bridgehead atoms. The maximum absolute atomic E-state index is 12.4. The van der Waals surface area contributed by atoms with Gasteiger partial charge in [-0.2, -0.15) is 0 Å². The Bertz CT molecular complexity index is 669. The molecule has 6 nitrogen and oxygen atoms in total. The summed E-state index contributed by atoms with van der Waals surface area (Å²) in [5, 5.41) is -1.10. The minimum Gasteiger partial charge on any atom is -0.465 e. The molecular weight excluding hydrogens is 318 g/mol. The van der Waals surface area contributed by atoms with E-state index in [1.54, 1.807) is 31.2 Å². The number of sulfone groups is 1. The highest BCUT2D eigenvalue weighted by Crippen LogP contribution is 2.14. The zero-order chi connectivity index (χ0) is 17.6. The number of hydrogen-bond acceptors (Lipinski definition) is 5. The van der Waals surface area contributed by atoms with E-state index in [0.717, 1.165) is 0 Å². The van der Waals surface area contributed by atoms with Crippen LogP contribution >= 0.6 is 0 Å². The average molecular weight is 341 g/mol. The Morgan fingerprint density at radius 3 is 2.43 bits per heavy atom. The third-order valence-corrected chi connectivity index (χ3v) is 5.84. The predicted molar refractivity (Wildman–Crippen MR) is 87.8 cm³/mol. The molecule has 1 atom stereocenters. The summed E-state index contributed by atoms with van der Waals surface area (Å²) < 4.78 is 28.8. The second kappa shape index (κ2) is 8.10. The van der Waals surface area contributed by atoms with E-state index >= 15 is 0 Å². The number of carbonyl (C=O) groups excluding carboxylic acids is 2. The molecule has 0 saturated heterocycles. The van der Waals surface area contributed by atoms with Gasteiger partial charge >= 0.3 is 5.97 Å². The van der Waals surface area contributed by atoms with Gasteiger partial charge in [0.2, 0.25) is 5.91 Å². The number of rotatable bonds is 7. The summed E-state index contributed by atoms with van der Waals surface area (Å²) in [6.45, 7) is 3.29. The van der Waals surface area contributed by atoms with E-state index in [1.807, 2.05) is 0 Å². The molecule has 1 amide bonds. The number of esters is 1. The van der Waals surface area contributed by atoms with Crippen LogP contribution in [0.1, 0.15) is 36.2 Å². The summed E-state index contributed by atoms with van der Waals surface area (Å²) in [6, 6.07) is 6.77. The van der Waals surface area contributed by atoms with Crippen molar-refractivity contribution in [3.63, 3.8) is 0 Å². The summed E-state index contributed by atoms with van der Waals surface area (Å²) in [5.41, 5.74) is 0.967. The lowest BCUT2D eigenvalue weighted by Crippen LogP contribution is -2.40.